The Kier molecular flexibility index (Phi) is 10.5. The lowest BCUT2D eigenvalue weighted by atomic mass is 9.94. The van der Waals surface area contributed by atoms with Gasteiger partial charge in [-0.3, -0.25) is 0 Å². The maximum absolute atomic E-state index is 6.16. The van der Waals surface area contributed by atoms with Gasteiger partial charge in [0.1, 0.15) is 23.0 Å². The van der Waals surface area contributed by atoms with Gasteiger partial charge in [-0.2, -0.15) is 0 Å². The Morgan fingerprint density at radius 3 is 1.31 bits per heavy atom. The first kappa shape index (κ1) is 28.4. The zero-order valence-corrected chi connectivity index (χ0v) is 23.3. The normalized spacial score (nSPS) is 12.6. The summed E-state index contributed by atoms with van der Waals surface area (Å²) in [5.74, 6) is 3.57. The first-order valence-corrected chi connectivity index (χ1v) is 13.7. The van der Waals surface area contributed by atoms with E-state index in [0.29, 0.717) is 13.2 Å². The number of hydrogen-bond acceptors (Lipinski definition) is 5. The number of ether oxygens (including phenoxy) is 2. The molecule has 0 aliphatic heterocycles. The van der Waals surface area contributed by atoms with Crippen molar-refractivity contribution in [3.8, 4) is 23.0 Å². The van der Waals surface area contributed by atoms with Crippen LogP contribution in [-0.2, 0) is 27.7 Å². The van der Waals surface area contributed by atoms with E-state index < -0.39 is 0 Å². The molecule has 0 spiro atoms. The van der Waals surface area contributed by atoms with Gasteiger partial charge in [0, 0.05) is 11.8 Å². The largest absolute Gasteiger partial charge is 0.457 e. The molecule has 0 N–H and O–H groups in total. The van der Waals surface area contributed by atoms with Crippen molar-refractivity contribution in [2.75, 3.05) is 13.2 Å². The highest BCUT2D eigenvalue weighted by molar-refractivity contribution is 5.45. The van der Waals surface area contributed by atoms with Gasteiger partial charge in [0.05, 0.1) is 13.2 Å². The second-order valence-electron chi connectivity index (χ2n) is 9.62. The molecule has 39 heavy (non-hydrogen) atoms. The van der Waals surface area contributed by atoms with Gasteiger partial charge in [-0.15, -0.1) is 0 Å². The van der Waals surface area contributed by atoms with Crippen molar-refractivity contribution in [2.45, 2.75) is 52.4 Å². The minimum atomic E-state index is 0.0961. The number of benzene rings is 4. The zero-order valence-electron chi connectivity index (χ0n) is 23.3. The van der Waals surface area contributed by atoms with Crippen molar-refractivity contribution in [3.05, 3.63) is 119 Å². The molecule has 0 aliphatic carbocycles. The SMILES string of the molecule is CCc1c(Oc2ccccc2)cccc1C(C)COOOCC(C)c1cccc(Oc2ccccc2)c1CC. The third-order valence-corrected chi connectivity index (χ3v) is 6.78. The molecule has 204 valence electrons. The molecule has 5 heteroatoms. The van der Waals surface area contributed by atoms with Crippen molar-refractivity contribution in [2.24, 2.45) is 0 Å². The van der Waals surface area contributed by atoms with Crippen molar-refractivity contribution in [1.29, 1.82) is 0 Å². The summed E-state index contributed by atoms with van der Waals surface area (Å²) in [5.41, 5.74) is 4.67. The molecular weight excluding hydrogens is 488 g/mol. The van der Waals surface area contributed by atoms with Crippen LogP contribution in [0.2, 0.25) is 0 Å². The van der Waals surface area contributed by atoms with Gasteiger partial charge < -0.3 is 9.47 Å². The first-order valence-electron chi connectivity index (χ1n) is 13.7. The summed E-state index contributed by atoms with van der Waals surface area (Å²) < 4.78 is 12.3. The van der Waals surface area contributed by atoms with Gasteiger partial charge in [0.15, 0.2) is 0 Å². The van der Waals surface area contributed by atoms with Gasteiger partial charge in [0.25, 0.3) is 0 Å². The van der Waals surface area contributed by atoms with Crippen molar-refractivity contribution in [1.82, 2.24) is 0 Å². The molecule has 0 radical (unpaired) electrons. The summed E-state index contributed by atoms with van der Waals surface area (Å²) in [6, 6.07) is 32.0. The predicted octanol–water partition coefficient (Wildman–Crippen LogP) is 9.18. The summed E-state index contributed by atoms with van der Waals surface area (Å²) in [5, 5.41) is 5.15. The van der Waals surface area contributed by atoms with E-state index in [9.17, 15) is 0 Å². The van der Waals surface area contributed by atoms with Crippen LogP contribution in [0.5, 0.6) is 23.0 Å². The quantitative estimate of drug-likeness (QED) is 0.0931. The molecule has 0 saturated carbocycles. The molecule has 4 aromatic rings. The van der Waals surface area contributed by atoms with Gasteiger partial charge in [0.2, 0.25) is 0 Å². The molecule has 0 fully saturated rings. The lowest BCUT2D eigenvalue weighted by Gasteiger charge is -2.20. The fraction of sp³-hybridized carbons (Fsp3) is 0.294. The Morgan fingerprint density at radius 2 is 0.923 bits per heavy atom. The minimum absolute atomic E-state index is 0.0961. The fourth-order valence-electron chi connectivity index (χ4n) is 4.74. The third kappa shape index (κ3) is 7.70. The van der Waals surface area contributed by atoms with E-state index in [-0.39, 0.29) is 11.8 Å². The monoisotopic (exact) mass is 526 g/mol. The molecule has 4 aromatic carbocycles. The van der Waals surface area contributed by atoms with Crippen LogP contribution in [-0.4, -0.2) is 13.2 Å². The second-order valence-corrected chi connectivity index (χ2v) is 9.62. The van der Waals surface area contributed by atoms with E-state index in [1.807, 2.05) is 84.9 Å². The third-order valence-electron chi connectivity index (χ3n) is 6.78. The predicted molar refractivity (Wildman–Crippen MR) is 154 cm³/mol. The lowest BCUT2D eigenvalue weighted by molar-refractivity contribution is -0.514. The molecule has 2 atom stereocenters. The van der Waals surface area contributed by atoms with Gasteiger partial charge in [-0.05, 0) is 71.5 Å². The average Bonchev–Trinajstić information content (AvgIpc) is 2.97. The molecule has 4 rings (SSSR count). The van der Waals surface area contributed by atoms with Gasteiger partial charge >= 0.3 is 0 Å². The molecule has 0 saturated heterocycles. The van der Waals surface area contributed by atoms with Crippen LogP contribution in [0.3, 0.4) is 0 Å². The maximum Gasteiger partial charge on any atom is 0.130 e. The van der Waals surface area contributed by atoms with Crippen LogP contribution >= 0.6 is 0 Å². The highest BCUT2D eigenvalue weighted by Crippen LogP contribution is 2.33. The first-order chi connectivity index (χ1) is 19.1. The van der Waals surface area contributed by atoms with E-state index in [4.69, 9.17) is 24.3 Å². The molecule has 2 unspecified atom stereocenters. The van der Waals surface area contributed by atoms with Crippen LogP contribution in [0.25, 0.3) is 0 Å². The highest BCUT2D eigenvalue weighted by Gasteiger charge is 2.17. The zero-order chi connectivity index (χ0) is 27.5. The van der Waals surface area contributed by atoms with Crippen LogP contribution in [0.1, 0.15) is 61.8 Å². The maximum atomic E-state index is 6.16. The second kappa shape index (κ2) is 14.5. The summed E-state index contributed by atoms with van der Waals surface area (Å²) in [6.07, 6.45) is 1.70. The van der Waals surface area contributed by atoms with E-state index in [2.05, 4.69) is 39.8 Å². The Balaban J connectivity index is 1.30. The van der Waals surface area contributed by atoms with Crippen LogP contribution < -0.4 is 9.47 Å². The molecule has 0 amide bonds. The van der Waals surface area contributed by atoms with Gasteiger partial charge in [-0.25, -0.2) is 9.78 Å². The minimum Gasteiger partial charge on any atom is -0.457 e. The Hall–Kier alpha value is -3.64. The van der Waals surface area contributed by atoms with Crippen LogP contribution in [0.15, 0.2) is 97.1 Å². The standard InChI is InChI=1S/C34H38O5/c1-5-29-31(19-13-21-33(29)37-27-15-9-7-10-16-27)25(3)23-35-39-36-24-26(4)32-20-14-22-34(30(32)6-2)38-28-17-11-8-12-18-28/h7-22,25-26H,5-6,23-24H2,1-4H3. The van der Waals surface area contributed by atoms with E-state index >= 15 is 0 Å². The summed E-state index contributed by atoms with van der Waals surface area (Å²) in [7, 11) is 0. The van der Waals surface area contributed by atoms with Crippen molar-refractivity contribution in [3.63, 3.8) is 0 Å². The molecule has 0 heterocycles. The average molecular weight is 527 g/mol. The number of rotatable bonds is 14. The Morgan fingerprint density at radius 1 is 0.513 bits per heavy atom. The number of para-hydroxylation sites is 2. The topological polar surface area (TPSA) is 46.2 Å². The van der Waals surface area contributed by atoms with E-state index in [1.54, 1.807) is 0 Å². The van der Waals surface area contributed by atoms with Crippen molar-refractivity contribution < 1.29 is 24.3 Å². The van der Waals surface area contributed by atoms with E-state index in [0.717, 1.165) is 47.0 Å². The summed E-state index contributed by atoms with van der Waals surface area (Å²) >= 11 is 0. The molecule has 0 aliphatic rings. The number of hydrogen-bond donors (Lipinski definition) is 0. The molecule has 0 bridgehead atoms. The fourth-order valence-corrected chi connectivity index (χ4v) is 4.74. The smallest absolute Gasteiger partial charge is 0.130 e. The molecule has 0 aromatic heterocycles. The summed E-state index contributed by atoms with van der Waals surface area (Å²) in [6.45, 7) is 9.20. The lowest BCUT2D eigenvalue weighted by Crippen LogP contribution is -2.11. The summed E-state index contributed by atoms with van der Waals surface area (Å²) in [4.78, 5) is 10.9. The highest BCUT2D eigenvalue weighted by atomic mass is 17.5. The molecular formula is C34H38O5. The van der Waals surface area contributed by atoms with Gasteiger partial charge in [-0.1, -0.05) is 93.4 Å². The van der Waals surface area contributed by atoms with Crippen LogP contribution in [0.4, 0.5) is 0 Å². The van der Waals surface area contributed by atoms with Crippen molar-refractivity contribution >= 4 is 0 Å². The Labute approximate surface area is 232 Å². The Bertz CT molecular complexity index is 1190. The molecule has 5 nitrogen and oxygen atoms in total. The van der Waals surface area contributed by atoms with E-state index in [1.165, 1.54) is 11.1 Å². The van der Waals surface area contributed by atoms with Crippen LogP contribution in [0, 0.1) is 0 Å².